The molecule has 5 nitrogen and oxygen atoms in total. The quantitative estimate of drug-likeness (QED) is 0.677. The van der Waals surface area contributed by atoms with E-state index in [-0.39, 0.29) is 46.6 Å². The van der Waals surface area contributed by atoms with Gasteiger partial charge in [-0.2, -0.15) is 0 Å². The third-order valence-corrected chi connectivity index (χ3v) is 10.3. The molecule has 0 amide bonds. The second kappa shape index (κ2) is 7.88. The molecular formula is C25H40O5. The molecule has 2 N–H and O–H groups in total. The van der Waals surface area contributed by atoms with Gasteiger partial charge in [-0.25, -0.2) is 0 Å². The van der Waals surface area contributed by atoms with E-state index >= 15 is 0 Å². The minimum atomic E-state index is -0.410. The van der Waals surface area contributed by atoms with E-state index in [1.165, 1.54) is 7.11 Å². The van der Waals surface area contributed by atoms with Gasteiger partial charge in [0, 0.05) is 24.2 Å². The first kappa shape index (κ1) is 22.3. The number of fused-ring (bicyclic) bond motifs is 5. The summed E-state index contributed by atoms with van der Waals surface area (Å²) in [6, 6.07) is 0. The fourth-order valence-electron chi connectivity index (χ4n) is 8.49. The van der Waals surface area contributed by atoms with E-state index in [2.05, 4.69) is 20.8 Å². The molecule has 170 valence electrons. The Balaban J connectivity index is 1.59. The van der Waals surface area contributed by atoms with Gasteiger partial charge in [-0.1, -0.05) is 20.8 Å². The minimum Gasteiger partial charge on any atom is -0.469 e. The lowest BCUT2D eigenvalue weighted by Gasteiger charge is -2.61. The van der Waals surface area contributed by atoms with Crippen LogP contribution in [0.3, 0.4) is 0 Å². The lowest BCUT2D eigenvalue weighted by atomic mass is 9.43. The fourth-order valence-corrected chi connectivity index (χ4v) is 8.49. The van der Waals surface area contributed by atoms with Crippen molar-refractivity contribution >= 4 is 11.8 Å². The number of hydrogen-bond acceptors (Lipinski definition) is 5. The van der Waals surface area contributed by atoms with Crippen molar-refractivity contribution in [3.05, 3.63) is 0 Å². The molecule has 5 heteroatoms. The molecule has 0 radical (unpaired) electrons. The number of ether oxygens (including phenoxy) is 1. The zero-order valence-corrected chi connectivity index (χ0v) is 19.1. The van der Waals surface area contributed by atoms with Crippen molar-refractivity contribution in [2.45, 2.75) is 90.8 Å². The number of carbonyl (C=O) groups excluding carboxylic acids is 2. The molecule has 0 spiro atoms. The predicted molar refractivity (Wildman–Crippen MR) is 113 cm³/mol. The molecule has 4 aliphatic carbocycles. The van der Waals surface area contributed by atoms with E-state index in [9.17, 15) is 19.8 Å². The van der Waals surface area contributed by atoms with Gasteiger partial charge in [0.15, 0.2) is 0 Å². The van der Waals surface area contributed by atoms with Gasteiger partial charge in [-0.05, 0) is 80.0 Å². The topological polar surface area (TPSA) is 83.8 Å². The standard InChI is InChI=1S/C25H40O5/c1-14(5-8-22(29)30-4)17-6-7-18-23-19(13-21(28)25(17,18)3)24(2)10-9-16(26)11-15(24)12-20(23)27/h14-19,21,23,26,28H,5-13H2,1-4H3/t14-,15-,16+,17-,18+,19+,21-,23+,24-,25+/m0/s1. The highest BCUT2D eigenvalue weighted by atomic mass is 16.5. The average Bonchev–Trinajstić information content (AvgIpc) is 3.06. The molecule has 4 saturated carbocycles. The summed E-state index contributed by atoms with van der Waals surface area (Å²) in [6.07, 6.45) is 6.32. The number of rotatable bonds is 4. The van der Waals surface area contributed by atoms with Crippen molar-refractivity contribution in [3.63, 3.8) is 0 Å². The van der Waals surface area contributed by atoms with Crippen LogP contribution in [0.25, 0.3) is 0 Å². The summed E-state index contributed by atoms with van der Waals surface area (Å²) in [5.74, 6) is 1.61. The van der Waals surface area contributed by atoms with Crippen molar-refractivity contribution in [1.82, 2.24) is 0 Å². The number of hydrogen-bond donors (Lipinski definition) is 2. The van der Waals surface area contributed by atoms with Crippen molar-refractivity contribution < 1.29 is 24.5 Å². The van der Waals surface area contributed by atoms with Gasteiger partial charge in [0.05, 0.1) is 19.3 Å². The van der Waals surface area contributed by atoms with Gasteiger partial charge >= 0.3 is 5.97 Å². The zero-order valence-electron chi connectivity index (χ0n) is 19.1. The number of ketones is 1. The van der Waals surface area contributed by atoms with Crippen molar-refractivity contribution in [1.29, 1.82) is 0 Å². The first-order chi connectivity index (χ1) is 14.1. The summed E-state index contributed by atoms with van der Waals surface area (Å²) in [5, 5.41) is 21.7. The van der Waals surface area contributed by atoms with Gasteiger partial charge in [-0.3, -0.25) is 9.59 Å². The van der Waals surface area contributed by atoms with E-state index < -0.39 is 6.10 Å². The van der Waals surface area contributed by atoms with Crippen LogP contribution in [0.5, 0.6) is 0 Å². The molecular weight excluding hydrogens is 380 g/mol. The normalized spacial score (nSPS) is 49.0. The van der Waals surface area contributed by atoms with Crippen molar-refractivity contribution in [3.8, 4) is 0 Å². The van der Waals surface area contributed by atoms with Crippen LogP contribution in [0.2, 0.25) is 0 Å². The zero-order chi connectivity index (χ0) is 21.8. The van der Waals surface area contributed by atoms with Crippen LogP contribution in [0.1, 0.15) is 78.6 Å². The summed E-state index contributed by atoms with van der Waals surface area (Å²) in [7, 11) is 1.43. The average molecular weight is 421 g/mol. The number of esters is 1. The second-order valence-corrected chi connectivity index (χ2v) is 11.4. The number of aliphatic hydroxyl groups excluding tert-OH is 2. The number of aliphatic hydroxyl groups is 2. The van der Waals surface area contributed by atoms with E-state index in [1.54, 1.807) is 0 Å². The minimum absolute atomic E-state index is 0.0488. The smallest absolute Gasteiger partial charge is 0.305 e. The van der Waals surface area contributed by atoms with E-state index in [1.807, 2.05) is 0 Å². The maximum atomic E-state index is 13.4. The van der Waals surface area contributed by atoms with Gasteiger partial charge < -0.3 is 14.9 Å². The van der Waals surface area contributed by atoms with E-state index in [4.69, 9.17) is 4.74 Å². The SMILES string of the molecule is COC(=O)CC[C@H](C)[C@@H]1CC[C@@H]2[C@H]3C(=O)C[C@@H]4C[C@H](O)CC[C@]4(C)[C@@H]3C[C@H](O)[C@@]21C. The van der Waals surface area contributed by atoms with Crippen LogP contribution in [0.4, 0.5) is 0 Å². The van der Waals surface area contributed by atoms with Crippen LogP contribution in [-0.4, -0.2) is 41.3 Å². The number of carbonyl (C=O) groups is 2. The van der Waals surface area contributed by atoms with Crippen LogP contribution in [0.15, 0.2) is 0 Å². The fraction of sp³-hybridized carbons (Fsp3) is 0.920. The third kappa shape index (κ3) is 3.26. The van der Waals surface area contributed by atoms with Crippen LogP contribution < -0.4 is 0 Å². The first-order valence-corrected chi connectivity index (χ1v) is 12.1. The Labute approximate surface area is 180 Å². The molecule has 4 fully saturated rings. The third-order valence-electron chi connectivity index (χ3n) is 10.3. The molecule has 0 aromatic carbocycles. The van der Waals surface area contributed by atoms with Gasteiger partial charge in [0.2, 0.25) is 0 Å². The summed E-state index contributed by atoms with van der Waals surface area (Å²) >= 11 is 0. The molecule has 0 aliphatic heterocycles. The van der Waals surface area contributed by atoms with Gasteiger partial charge in [-0.15, -0.1) is 0 Å². The van der Waals surface area contributed by atoms with Gasteiger partial charge in [0.1, 0.15) is 5.78 Å². The lowest BCUT2D eigenvalue weighted by Crippen LogP contribution is -2.61. The molecule has 0 unspecified atom stereocenters. The summed E-state index contributed by atoms with van der Waals surface area (Å²) in [4.78, 5) is 25.1. The van der Waals surface area contributed by atoms with Gasteiger partial charge in [0.25, 0.3) is 0 Å². The van der Waals surface area contributed by atoms with Crippen LogP contribution >= 0.6 is 0 Å². The maximum Gasteiger partial charge on any atom is 0.305 e. The van der Waals surface area contributed by atoms with Crippen LogP contribution in [0, 0.1) is 46.3 Å². The molecule has 0 saturated heterocycles. The molecule has 0 aromatic rings. The van der Waals surface area contributed by atoms with E-state index in [0.29, 0.717) is 36.9 Å². The Morgan fingerprint density at radius 3 is 2.60 bits per heavy atom. The number of methoxy groups -OCH3 is 1. The monoisotopic (exact) mass is 420 g/mol. The van der Waals surface area contributed by atoms with Crippen molar-refractivity contribution in [2.24, 2.45) is 46.3 Å². The maximum absolute atomic E-state index is 13.4. The summed E-state index contributed by atoms with van der Waals surface area (Å²) < 4.78 is 4.82. The van der Waals surface area contributed by atoms with E-state index in [0.717, 1.165) is 38.5 Å². The second-order valence-electron chi connectivity index (χ2n) is 11.4. The number of Topliss-reactive ketones (excluding diaryl/α,β-unsaturated/α-hetero) is 1. The molecule has 0 heterocycles. The molecule has 10 atom stereocenters. The first-order valence-electron chi connectivity index (χ1n) is 12.1. The lowest BCUT2D eigenvalue weighted by molar-refractivity contribution is -0.182. The highest BCUT2D eigenvalue weighted by molar-refractivity contribution is 5.83. The Kier molecular flexibility index (Phi) is 5.85. The predicted octanol–water partition coefficient (Wildman–Crippen LogP) is 3.75. The Bertz CT molecular complexity index is 691. The molecule has 4 rings (SSSR count). The van der Waals surface area contributed by atoms with Crippen LogP contribution in [-0.2, 0) is 14.3 Å². The molecule has 0 bridgehead atoms. The largest absolute Gasteiger partial charge is 0.469 e. The molecule has 30 heavy (non-hydrogen) atoms. The summed E-state index contributed by atoms with van der Waals surface area (Å²) in [5.41, 5.74) is -0.210. The highest BCUT2D eigenvalue weighted by Crippen LogP contribution is 2.67. The highest BCUT2D eigenvalue weighted by Gasteiger charge is 2.65. The Morgan fingerprint density at radius 1 is 1.17 bits per heavy atom. The summed E-state index contributed by atoms with van der Waals surface area (Å²) in [6.45, 7) is 6.74. The Morgan fingerprint density at radius 2 is 1.90 bits per heavy atom. The molecule has 4 aliphatic rings. The van der Waals surface area contributed by atoms with Crippen molar-refractivity contribution in [2.75, 3.05) is 7.11 Å². The Hall–Kier alpha value is -0.940. The molecule has 0 aromatic heterocycles.